The van der Waals surface area contributed by atoms with Gasteiger partial charge in [-0.25, -0.2) is 4.98 Å². The van der Waals surface area contributed by atoms with Crippen molar-refractivity contribution in [2.75, 3.05) is 39.4 Å². The number of aliphatic hydroxyl groups is 1. The standard InChI is InChI=1S/C27H29N3O4S/c1-17-26(35-18(2)28-17)24(31)22-23(21-10-5-8-19-7-3-4-9-20(19)21)30(27(33)25(22)32)12-6-11-29-13-15-34-16-14-29/h3-5,7-10,23,32H,6,11-16H2,1-2H3. The van der Waals surface area contributed by atoms with Gasteiger partial charge < -0.3 is 14.7 Å². The summed E-state index contributed by atoms with van der Waals surface area (Å²) >= 11 is 1.30. The van der Waals surface area contributed by atoms with Crippen LogP contribution in [-0.4, -0.2) is 71.0 Å². The van der Waals surface area contributed by atoms with Crippen LogP contribution >= 0.6 is 11.3 Å². The summed E-state index contributed by atoms with van der Waals surface area (Å²) in [7, 11) is 0. The number of hydrogen-bond acceptors (Lipinski definition) is 7. The van der Waals surface area contributed by atoms with Crippen LogP contribution in [0.15, 0.2) is 53.8 Å². The number of ether oxygens (including phenoxy) is 1. The summed E-state index contributed by atoms with van der Waals surface area (Å²) in [6.07, 6.45) is 0.737. The van der Waals surface area contributed by atoms with Gasteiger partial charge in [-0.15, -0.1) is 11.3 Å². The Labute approximate surface area is 208 Å². The lowest BCUT2D eigenvalue weighted by Gasteiger charge is -2.30. The number of Topliss-reactive ketones (excluding diaryl/α,β-unsaturated/α-hetero) is 1. The second-order valence-electron chi connectivity index (χ2n) is 9.02. The molecule has 182 valence electrons. The first-order valence-corrected chi connectivity index (χ1v) is 12.8. The molecule has 35 heavy (non-hydrogen) atoms. The zero-order chi connectivity index (χ0) is 24.5. The first-order chi connectivity index (χ1) is 17.0. The minimum absolute atomic E-state index is 0.143. The predicted octanol–water partition coefficient (Wildman–Crippen LogP) is 4.21. The third-order valence-electron chi connectivity index (χ3n) is 6.75. The normalized spacial score (nSPS) is 19.2. The van der Waals surface area contributed by atoms with Gasteiger partial charge in [0.15, 0.2) is 5.76 Å². The Morgan fingerprint density at radius 3 is 2.60 bits per heavy atom. The van der Waals surface area contributed by atoms with E-state index in [1.54, 1.807) is 11.8 Å². The molecule has 0 spiro atoms. The molecule has 3 aromatic rings. The molecule has 0 aliphatic carbocycles. The van der Waals surface area contributed by atoms with E-state index in [4.69, 9.17) is 4.74 Å². The maximum Gasteiger partial charge on any atom is 0.290 e. The molecule has 1 fully saturated rings. The second kappa shape index (κ2) is 9.89. The van der Waals surface area contributed by atoms with Gasteiger partial charge in [0.25, 0.3) is 5.91 Å². The van der Waals surface area contributed by atoms with Gasteiger partial charge >= 0.3 is 0 Å². The van der Waals surface area contributed by atoms with E-state index in [1.807, 2.05) is 49.4 Å². The molecule has 1 amide bonds. The van der Waals surface area contributed by atoms with Gasteiger partial charge in [-0.3, -0.25) is 14.5 Å². The Bertz CT molecular complexity index is 1300. The molecule has 5 rings (SSSR count). The minimum atomic E-state index is -0.660. The third kappa shape index (κ3) is 4.49. The molecule has 2 aromatic carbocycles. The van der Waals surface area contributed by atoms with Gasteiger partial charge in [-0.1, -0.05) is 42.5 Å². The molecule has 1 aromatic heterocycles. The number of nitrogens with zero attached hydrogens (tertiary/aromatic N) is 3. The summed E-state index contributed by atoms with van der Waals surface area (Å²) in [4.78, 5) is 36.0. The van der Waals surface area contributed by atoms with Crippen LogP contribution in [0.2, 0.25) is 0 Å². The quantitative estimate of drug-likeness (QED) is 0.499. The summed E-state index contributed by atoms with van der Waals surface area (Å²) in [5.74, 6) is -1.27. The molecule has 3 heterocycles. The molecule has 8 heteroatoms. The van der Waals surface area contributed by atoms with Gasteiger partial charge in [0.2, 0.25) is 5.78 Å². The Morgan fingerprint density at radius 1 is 1.11 bits per heavy atom. The van der Waals surface area contributed by atoms with Crippen LogP contribution in [0, 0.1) is 13.8 Å². The average Bonchev–Trinajstić information content (AvgIpc) is 3.34. The molecule has 0 saturated carbocycles. The molecular formula is C27H29N3O4S. The first kappa shape index (κ1) is 23.7. The number of aromatic nitrogens is 1. The Balaban J connectivity index is 1.53. The number of thiazole rings is 1. The molecule has 1 unspecified atom stereocenters. The summed E-state index contributed by atoms with van der Waals surface area (Å²) in [5.41, 5.74) is 1.60. The lowest BCUT2D eigenvalue weighted by molar-refractivity contribution is -0.129. The fourth-order valence-electron chi connectivity index (χ4n) is 5.08. The lowest BCUT2D eigenvalue weighted by atomic mass is 9.91. The Hall–Kier alpha value is -3.07. The van der Waals surface area contributed by atoms with Gasteiger partial charge in [0, 0.05) is 26.2 Å². The third-order valence-corrected chi connectivity index (χ3v) is 7.82. The highest BCUT2D eigenvalue weighted by molar-refractivity contribution is 7.14. The van der Waals surface area contributed by atoms with Crippen molar-refractivity contribution in [1.29, 1.82) is 0 Å². The summed E-state index contributed by atoms with van der Waals surface area (Å²) < 4.78 is 5.43. The number of rotatable bonds is 7. The molecular weight excluding hydrogens is 462 g/mol. The van der Waals surface area contributed by atoms with Crippen molar-refractivity contribution in [2.24, 2.45) is 0 Å². The zero-order valence-electron chi connectivity index (χ0n) is 20.0. The average molecular weight is 492 g/mol. The highest BCUT2D eigenvalue weighted by Gasteiger charge is 2.44. The van der Waals surface area contributed by atoms with E-state index in [1.165, 1.54) is 11.3 Å². The van der Waals surface area contributed by atoms with Crippen molar-refractivity contribution in [1.82, 2.24) is 14.8 Å². The van der Waals surface area contributed by atoms with Gasteiger partial charge in [0.1, 0.15) is 0 Å². The molecule has 2 aliphatic rings. The van der Waals surface area contributed by atoms with Gasteiger partial charge in [-0.05, 0) is 36.6 Å². The maximum atomic E-state index is 13.8. The van der Waals surface area contributed by atoms with Crippen LogP contribution in [-0.2, 0) is 9.53 Å². The van der Waals surface area contributed by atoms with Gasteiger partial charge in [0.05, 0.1) is 40.4 Å². The molecule has 1 saturated heterocycles. The van der Waals surface area contributed by atoms with E-state index in [-0.39, 0.29) is 11.4 Å². The van der Waals surface area contributed by atoms with Crippen molar-refractivity contribution in [3.63, 3.8) is 0 Å². The Morgan fingerprint density at radius 2 is 1.86 bits per heavy atom. The number of aryl methyl sites for hydroxylation is 2. The van der Waals surface area contributed by atoms with E-state index in [0.29, 0.717) is 17.1 Å². The monoisotopic (exact) mass is 491 g/mol. The van der Waals surface area contributed by atoms with Crippen LogP contribution in [0.4, 0.5) is 0 Å². The first-order valence-electron chi connectivity index (χ1n) is 12.0. The van der Waals surface area contributed by atoms with E-state index >= 15 is 0 Å². The molecule has 1 atom stereocenters. The molecule has 2 aliphatic heterocycles. The number of carbonyl (C=O) groups excluding carboxylic acids is 2. The number of amides is 1. The number of fused-ring (bicyclic) bond motifs is 1. The molecule has 1 N–H and O–H groups in total. The summed E-state index contributed by atoms with van der Waals surface area (Å²) in [6.45, 7) is 8.08. The number of morpholine rings is 1. The zero-order valence-corrected chi connectivity index (χ0v) is 20.8. The largest absolute Gasteiger partial charge is 0.503 e. The van der Waals surface area contributed by atoms with Crippen molar-refractivity contribution >= 4 is 33.8 Å². The fourth-order valence-corrected chi connectivity index (χ4v) is 5.96. The number of hydrogen-bond donors (Lipinski definition) is 1. The minimum Gasteiger partial charge on any atom is -0.503 e. The van der Waals surface area contributed by atoms with Crippen LogP contribution < -0.4 is 0 Å². The molecule has 0 bridgehead atoms. The SMILES string of the molecule is Cc1nc(C)c(C(=O)C2=C(O)C(=O)N(CCCN3CCOCC3)C2c2cccc3ccccc23)s1. The van der Waals surface area contributed by atoms with Crippen molar-refractivity contribution < 1.29 is 19.4 Å². The fraction of sp³-hybridized carbons (Fsp3) is 0.370. The van der Waals surface area contributed by atoms with Crippen LogP contribution in [0.25, 0.3) is 10.8 Å². The predicted molar refractivity (Wildman–Crippen MR) is 136 cm³/mol. The van der Waals surface area contributed by atoms with Gasteiger partial charge in [-0.2, -0.15) is 0 Å². The molecule has 0 radical (unpaired) electrons. The second-order valence-corrected chi connectivity index (χ2v) is 10.2. The van der Waals surface area contributed by atoms with E-state index in [0.717, 1.165) is 60.6 Å². The number of aliphatic hydroxyl groups excluding tert-OH is 1. The van der Waals surface area contributed by atoms with Crippen molar-refractivity contribution in [3.05, 3.63) is 74.9 Å². The van der Waals surface area contributed by atoms with Crippen LogP contribution in [0.3, 0.4) is 0 Å². The lowest BCUT2D eigenvalue weighted by Crippen LogP contribution is -2.39. The van der Waals surface area contributed by atoms with Crippen molar-refractivity contribution in [3.8, 4) is 0 Å². The highest BCUT2D eigenvalue weighted by atomic mass is 32.1. The number of carbonyl (C=O) groups is 2. The van der Waals surface area contributed by atoms with E-state index in [2.05, 4.69) is 9.88 Å². The highest BCUT2D eigenvalue weighted by Crippen LogP contribution is 2.42. The topological polar surface area (TPSA) is 83.0 Å². The number of benzene rings is 2. The summed E-state index contributed by atoms with van der Waals surface area (Å²) in [6, 6.07) is 13.2. The van der Waals surface area contributed by atoms with E-state index in [9.17, 15) is 14.7 Å². The van der Waals surface area contributed by atoms with E-state index < -0.39 is 17.7 Å². The number of ketones is 1. The maximum absolute atomic E-state index is 13.8. The Kier molecular flexibility index (Phi) is 6.69. The van der Waals surface area contributed by atoms with Crippen molar-refractivity contribution in [2.45, 2.75) is 26.3 Å². The van der Waals surface area contributed by atoms with Crippen LogP contribution in [0.1, 0.15) is 38.4 Å². The molecule has 7 nitrogen and oxygen atoms in total. The summed E-state index contributed by atoms with van der Waals surface area (Å²) in [5, 5.41) is 13.8. The smallest absolute Gasteiger partial charge is 0.290 e. The van der Waals surface area contributed by atoms with Crippen LogP contribution in [0.5, 0.6) is 0 Å².